The minimum Gasteiger partial charge on any atom is -0.440 e. The highest BCUT2D eigenvalue weighted by atomic mass is 16.3. The van der Waals surface area contributed by atoms with Crippen molar-refractivity contribution in [2.45, 2.75) is 33.6 Å². The van der Waals surface area contributed by atoms with Crippen LogP contribution in [0.2, 0.25) is 0 Å². The number of nitrogens with zero attached hydrogens (tertiary/aromatic N) is 1. The zero-order valence-electron chi connectivity index (χ0n) is 13.8. The van der Waals surface area contributed by atoms with Gasteiger partial charge in [-0.1, -0.05) is 31.5 Å². The summed E-state index contributed by atoms with van der Waals surface area (Å²) >= 11 is 0. The first kappa shape index (κ1) is 15.3. The predicted molar refractivity (Wildman–Crippen MR) is 92.0 cm³/mol. The van der Waals surface area contributed by atoms with E-state index in [2.05, 4.69) is 10.3 Å². The van der Waals surface area contributed by atoms with Gasteiger partial charge in [0.05, 0.1) is 0 Å². The first-order valence-corrected chi connectivity index (χ1v) is 7.73. The van der Waals surface area contributed by atoms with Crippen LogP contribution in [0.5, 0.6) is 0 Å². The summed E-state index contributed by atoms with van der Waals surface area (Å²) in [6.07, 6.45) is 0. The summed E-state index contributed by atoms with van der Waals surface area (Å²) in [4.78, 5) is 16.9. The van der Waals surface area contributed by atoms with Crippen LogP contribution in [0, 0.1) is 13.8 Å². The van der Waals surface area contributed by atoms with Crippen LogP contribution in [0.25, 0.3) is 11.1 Å². The number of anilines is 1. The van der Waals surface area contributed by atoms with Gasteiger partial charge in [0.2, 0.25) is 0 Å². The fourth-order valence-corrected chi connectivity index (χ4v) is 2.48. The van der Waals surface area contributed by atoms with Crippen molar-refractivity contribution in [2.75, 3.05) is 5.32 Å². The number of hydrogen-bond donors (Lipinski definition) is 1. The first-order valence-electron chi connectivity index (χ1n) is 7.73. The lowest BCUT2D eigenvalue weighted by molar-refractivity contribution is 0.102. The van der Waals surface area contributed by atoms with Gasteiger partial charge in [-0.3, -0.25) is 4.79 Å². The molecule has 0 fully saturated rings. The average Bonchev–Trinajstić information content (AvgIpc) is 2.93. The standard InChI is InChI=1S/C19H20N2O2/c1-11(2)19-21-16-8-6-14(10-17(16)23-19)18(22)20-15-7-5-12(3)9-13(15)4/h5-11H,1-4H3,(H,20,22). The molecule has 23 heavy (non-hydrogen) atoms. The summed E-state index contributed by atoms with van der Waals surface area (Å²) in [5, 5.41) is 2.95. The van der Waals surface area contributed by atoms with E-state index in [0.717, 1.165) is 16.8 Å². The molecule has 0 aliphatic heterocycles. The van der Waals surface area contributed by atoms with E-state index in [-0.39, 0.29) is 11.8 Å². The molecule has 1 amide bonds. The van der Waals surface area contributed by atoms with Crippen LogP contribution in [0.15, 0.2) is 40.8 Å². The Hall–Kier alpha value is -2.62. The van der Waals surface area contributed by atoms with Gasteiger partial charge in [0.1, 0.15) is 5.52 Å². The van der Waals surface area contributed by atoms with Crippen molar-refractivity contribution in [2.24, 2.45) is 0 Å². The molecule has 0 aliphatic rings. The summed E-state index contributed by atoms with van der Waals surface area (Å²) in [5.74, 6) is 0.753. The topological polar surface area (TPSA) is 55.1 Å². The number of rotatable bonds is 3. The Balaban J connectivity index is 1.88. The molecule has 0 aliphatic carbocycles. The Labute approximate surface area is 135 Å². The van der Waals surface area contributed by atoms with Crippen LogP contribution in [0.3, 0.4) is 0 Å². The van der Waals surface area contributed by atoms with Gasteiger partial charge in [-0.05, 0) is 43.7 Å². The van der Waals surface area contributed by atoms with Crippen molar-refractivity contribution in [3.05, 3.63) is 59.0 Å². The Morgan fingerprint density at radius 1 is 1.13 bits per heavy atom. The normalized spacial score (nSPS) is 11.2. The van der Waals surface area contributed by atoms with E-state index in [0.29, 0.717) is 17.0 Å². The molecule has 1 heterocycles. The molecule has 0 atom stereocenters. The zero-order chi connectivity index (χ0) is 16.6. The van der Waals surface area contributed by atoms with Crippen LogP contribution in [0.4, 0.5) is 5.69 Å². The Kier molecular flexibility index (Phi) is 3.90. The molecule has 0 unspecified atom stereocenters. The van der Waals surface area contributed by atoms with Gasteiger partial charge in [-0.25, -0.2) is 4.98 Å². The quantitative estimate of drug-likeness (QED) is 0.754. The lowest BCUT2D eigenvalue weighted by Crippen LogP contribution is -2.12. The van der Waals surface area contributed by atoms with E-state index >= 15 is 0 Å². The number of oxazole rings is 1. The molecule has 3 rings (SSSR count). The summed E-state index contributed by atoms with van der Waals surface area (Å²) in [7, 11) is 0. The zero-order valence-corrected chi connectivity index (χ0v) is 13.8. The van der Waals surface area contributed by atoms with Crippen molar-refractivity contribution < 1.29 is 9.21 Å². The molecule has 0 radical (unpaired) electrons. The molecule has 0 saturated carbocycles. The molecular weight excluding hydrogens is 288 g/mol. The number of aryl methyl sites for hydroxylation is 2. The number of carbonyl (C=O) groups excluding carboxylic acids is 1. The predicted octanol–water partition coefficient (Wildman–Crippen LogP) is 4.82. The van der Waals surface area contributed by atoms with E-state index in [1.807, 2.05) is 52.0 Å². The summed E-state index contributed by atoms with van der Waals surface area (Å²) in [5.41, 5.74) is 5.01. The molecule has 4 nitrogen and oxygen atoms in total. The van der Waals surface area contributed by atoms with E-state index in [1.54, 1.807) is 12.1 Å². The molecule has 3 aromatic rings. The Morgan fingerprint density at radius 3 is 2.61 bits per heavy atom. The molecule has 1 N–H and O–H groups in total. The van der Waals surface area contributed by atoms with E-state index in [4.69, 9.17) is 4.42 Å². The van der Waals surface area contributed by atoms with Crippen LogP contribution < -0.4 is 5.32 Å². The highest BCUT2D eigenvalue weighted by Crippen LogP contribution is 2.23. The maximum absolute atomic E-state index is 12.5. The monoisotopic (exact) mass is 308 g/mol. The number of nitrogens with one attached hydrogen (secondary N) is 1. The van der Waals surface area contributed by atoms with Gasteiger partial charge in [0.15, 0.2) is 11.5 Å². The number of carbonyl (C=O) groups is 1. The maximum atomic E-state index is 12.5. The van der Waals surface area contributed by atoms with Crippen molar-refractivity contribution in [3.8, 4) is 0 Å². The van der Waals surface area contributed by atoms with Gasteiger partial charge < -0.3 is 9.73 Å². The van der Waals surface area contributed by atoms with E-state index < -0.39 is 0 Å². The van der Waals surface area contributed by atoms with Crippen LogP contribution in [-0.2, 0) is 0 Å². The van der Waals surface area contributed by atoms with Crippen molar-refractivity contribution in [3.63, 3.8) is 0 Å². The number of fused-ring (bicyclic) bond motifs is 1. The minimum atomic E-state index is -0.152. The third kappa shape index (κ3) is 3.11. The molecule has 0 bridgehead atoms. The second-order valence-corrected chi connectivity index (χ2v) is 6.16. The second kappa shape index (κ2) is 5.88. The smallest absolute Gasteiger partial charge is 0.255 e. The van der Waals surface area contributed by atoms with Crippen molar-refractivity contribution >= 4 is 22.7 Å². The third-order valence-electron chi connectivity index (χ3n) is 3.79. The molecular formula is C19H20N2O2. The lowest BCUT2D eigenvalue weighted by Gasteiger charge is -2.09. The number of benzene rings is 2. The van der Waals surface area contributed by atoms with Gasteiger partial charge in [0, 0.05) is 17.2 Å². The fourth-order valence-electron chi connectivity index (χ4n) is 2.48. The molecule has 4 heteroatoms. The fraction of sp³-hybridized carbons (Fsp3) is 0.263. The first-order chi connectivity index (χ1) is 10.9. The van der Waals surface area contributed by atoms with Crippen LogP contribution in [-0.4, -0.2) is 10.9 Å². The minimum absolute atomic E-state index is 0.152. The highest BCUT2D eigenvalue weighted by Gasteiger charge is 2.13. The van der Waals surface area contributed by atoms with Gasteiger partial charge >= 0.3 is 0 Å². The van der Waals surface area contributed by atoms with Gasteiger partial charge in [-0.2, -0.15) is 0 Å². The second-order valence-electron chi connectivity index (χ2n) is 6.16. The summed E-state index contributed by atoms with van der Waals surface area (Å²) < 4.78 is 5.72. The van der Waals surface area contributed by atoms with E-state index in [1.165, 1.54) is 5.56 Å². The molecule has 118 valence electrons. The van der Waals surface area contributed by atoms with Crippen molar-refractivity contribution in [1.29, 1.82) is 0 Å². The number of amides is 1. The van der Waals surface area contributed by atoms with E-state index in [9.17, 15) is 4.79 Å². The summed E-state index contributed by atoms with van der Waals surface area (Å²) in [6, 6.07) is 11.3. The Morgan fingerprint density at radius 2 is 1.91 bits per heavy atom. The lowest BCUT2D eigenvalue weighted by atomic mass is 10.1. The average molecular weight is 308 g/mol. The summed E-state index contributed by atoms with van der Waals surface area (Å²) in [6.45, 7) is 8.07. The third-order valence-corrected chi connectivity index (χ3v) is 3.79. The number of hydrogen-bond acceptors (Lipinski definition) is 3. The van der Waals surface area contributed by atoms with Crippen LogP contribution >= 0.6 is 0 Å². The molecule has 1 aromatic heterocycles. The highest BCUT2D eigenvalue weighted by molar-refractivity contribution is 6.06. The van der Waals surface area contributed by atoms with Gasteiger partial charge in [-0.15, -0.1) is 0 Å². The number of aromatic nitrogens is 1. The Bertz CT molecular complexity index is 878. The largest absolute Gasteiger partial charge is 0.440 e. The van der Waals surface area contributed by atoms with Crippen molar-refractivity contribution in [1.82, 2.24) is 4.98 Å². The molecule has 0 saturated heterocycles. The van der Waals surface area contributed by atoms with Crippen LogP contribution in [0.1, 0.15) is 47.1 Å². The SMILES string of the molecule is Cc1ccc(NC(=O)c2ccc3nc(C(C)C)oc3c2)c(C)c1. The molecule has 0 spiro atoms. The van der Waals surface area contributed by atoms with Gasteiger partial charge in [0.25, 0.3) is 5.91 Å². The maximum Gasteiger partial charge on any atom is 0.255 e. The molecule has 2 aromatic carbocycles.